The lowest BCUT2D eigenvalue weighted by molar-refractivity contribution is 0.806. The van der Waals surface area contributed by atoms with Gasteiger partial charge in [-0.3, -0.25) is 4.57 Å². The summed E-state index contributed by atoms with van der Waals surface area (Å²) in [4.78, 5) is 8.25. The Kier molecular flexibility index (Phi) is 4.95. The lowest BCUT2D eigenvalue weighted by Crippen LogP contribution is -2.08. The van der Waals surface area contributed by atoms with Gasteiger partial charge in [0.25, 0.3) is 0 Å². The number of rotatable bonds is 4. The van der Waals surface area contributed by atoms with Crippen molar-refractivity contribution in [1.82, 2.24) is 9.55 Å². The number of nitrogens with zero attached hydrogens (tertiary/aromatic N) is 3. The molecule has 0 atom stereocenters. The van der Waals surface area contributed by atoms with Crippen LogP contribution in [-0.2, 0) is 0 Å². The molecule has 0 aliphatic carbocycles. The van der Waals surface area contributed by atoms with Gasteiger partial charge >= 0.3 is 0 Å². The Labute approximate surface area is 156 Å². The van der Waals surface area contributed by atoms with E-state index in [0.29, 0.717) is 17.5 Å². The second-order valence-corrected chi connectivity index (χ2v) is 7.33. The van der Waals surface area contributed by atoms with E-state index in [4.69, 9.17) is 6.57 Å². The van der Waals surface area contributed by atoms with Crippen LogP contribution in [0.2, 0.25) is 0 Å². The quantitative estimate of drug-likeness (QED) is 0.486. The second-order valence-electron chi connectivity index (χ2n) is 7.33. The van der Waals surface area contributed by atoms with Crippen molar-refractivity contribution < 1.29 is 0 Å². The van der Waals surface area contributed by atoms with Crippen LogP contribution in [0.3, 0.4) is 0 Å². The standard InChI is InChI=1S/C23H25N3/c1-15(2)19-8-7-9-20(16(3)4)22(19)26-13-12-25-23(26)21-14-18(24-6)11-10-17(21)5/h7-16H,1-5H3. The van der Waals surface area contributed by atoms with Gasteiger partial charge in [0.2, 0.25) is 0 Å². The molecule has 26 heavy (non-hydrogen) atoms. The van der Waals surface area contributed by atoms with Crippen molar-refractivity contribution in [2.75, 3.05) is 0 Å². The van der Waals surface area contributed by atoms with Crippen molar-refractivity contribution in [2.24, 2.45) is 0 Å². The van der Waals surface area contributed by atoms with E-state index < -0.39 is 0 Å². The highest BCUT2D eigenvalue weighted by Gasteiger charge is 2.19. The van der Waals surface area contributed by atoms with Crippen molar-refractivity contribution in [2.45, 2.75) is 46.5 Å². The Balaban J connectivity index is 2.30. The topological polar surface area (TPSA) is 22.2 Å². The minimum Gasteiger partial charge on any atom is -0.299 e. The molecule has 0 unspecified atom stereocenters. The van der Waals surface area contributed by atoms with Gasteiger partial charge in [0.15, 0.2) is 5.69 Å². The molecule has 0 saturated carbocycles. The molecule has 3 aromatic rings. The highest BCUT2D eigenvalue weighted by atomic mass is 15.1. The largest absolute Gasteiger partial charge is 0.299 e. The molecule has 0 saturated heterocycles. The molecule has 1 heterocycles. The Morgan fingerprint density at radius 1 is 1.00 bits per heavy atom. The molecular weight excluding hydrogens is 318 g/mol. The highest BCUT2D eigenvalue weighted by Crippen LogP contribution is 2.35. The Morgan fingerprint density at radius 3 is 2.23 bits per heavy atom. The molecule has 1 aromatic heterocycles. The van der Waals surface area contributed by atoms with Crippen molar-refractivity contribution in [1.29, 1.82) is 0 Å². The first kappa shape index (κ1) is 17.9. The molecule has 0 radical (unpaired) electrons. The van der Waals surface area contributed by atoms with Crippen molar-refractivity contribution in [3.63, 3.8) is 0 Å². The third-order valence-corrected chi connectivity index (χ3v) is 4.82. The van der Waals surface area contributed by atoms with E-state index in [0.717, 1.165) is 17.0 Å². The maximum Gasteiger partial charge on any atom is 0.187 e. The van der Waals surface area contributed by atoms with Crippen molar-refractivity contribution in [3.8, 4) is 17.1 Å². The Hall–Kier alpha value is -2.86. The molecule has 0 aliphatic heterocycles. The van der Waals surface area contributed by atoms with Crippen LogP contribution in [-0.4, -0.2) is 9.55 Å². The fourth-order valence-corrected chi connectivity index (χ4v) is 3.39. The van der Waals surface area contributed by atoms with Crippen LogP contribution >= 0.6 is 0 Å². The zero-order valence-electron chi connectivity index (χ0n) is 16.1. The van der Waals surface area contributed by atoms with Crippen LogP contribution in [0, 0.1) is 13.5 Å². The monoisotopic (exact) mass is 343 g/mol. The number of imidazole rings is 1. The third kappa shape index (κ3) is 3.15. The summed E-state index contributed by atoms with van der Waals surface area (Å²) in [6, 6.07) is 12.4. The number of hydrogen-bond donors (Lipinski definition) is 0. The molecule has 0 bridgehead atoms. The summed E-state index contributed by atoms with van der Waals surface area (Å²) in [5, 5.41) is 0. The first-order chi connectivity index (χ1) is 12.4. The van der Waals surface area contributed by atoms with E-state index in [-0.39, 0.29) is 0 Å². The van der Waals surface area contributed by atoms with Gasteiger partial charge in [0.05, 0.1) is 12.3 Å². The SMILES string of the molecule is [C-]#[N+]c1ccc(C)c(-c2nccn2-c2c(C(C)C)cccc2C(C)C)c1. The average molecular weight is 343 g/mol. The first-order valence-corrected chi connectivity index (χ1v) is 9.09. The third-order valence-electron chi connectivity index (χ3n) is 4.82. The van der Waals surface area contributed by atoms with Crippen LogP contribution in [0.1, 0.15) is 56.2 Å². The van der Waals surface area contributed by atoms with Crippen LogP contribution in [0.4, 0.5) is 5.69 Å². The van der Waals surface area contributed by atoms with E-state index in [1.807, 2.05) is 30.6 Å². The van der Waals surface area contributed by atoms with Crippen LogP contribution in [0.5, 0.6) is 0 Å². The molecule has 3 heteroatoms. The molecule has 0 fully saturated rings. The summed E-state index contributed by atoms with van der Waals surface area (Å²) in [7, 11) is 0. The number of aryl methyl sites for hydroxylation is 1. The minimum atomic E-state index is 0.412. The molecule has 0 aliphatic rings. The lowest BCUT2D eigenvalue weighted by atomic mass is 9.92. The fraction of sp³-hybridized carbons (Fsp3) is 0.304. The van der Waals surface area contributed by atoms with Crippen LogP contribution in [0.25, 0.3) is 21.9 Å². The minimum absolute atomic E-state index is 0.412. The summed E-state index contributed by atoms with van der Waals surface area (Å²) in [6.45, 7) is 18.3. The van der Waals surface area contributed by atoms with Gasteiger partial charge in [0, 0.05) is 18.0 Å². The molecule has 3 nitrogen and oxygen atoms in total. The zero-order valence-corrected chi connectivity index (χ0v) is 16.1. The number of aromatic nitrogens is 2. The van der Waals surface area contributed by atoms with E-state index in [2.05, 4.69) is 67.2 Å². The van der Waals surface area contributed by atoms with E-state index in [9.17, 15) is 0 Å². The maximum absolute atomic E-state index is 7.33. The molecule has 0 spiro atoms. The van der Waals surface area contributed by atoms with E-state index in [1.54, 1.807) is 0 Å². The van der Waals surface area contributed by atoms with Crippen molar-refractivity contribution in [3.05, 3.63) is 76.9 Å². The smallest absolute Gasteiger partial charge is 0.187 e. The van der Waals surface area contributed by atoms with Crippen LogP contribution in [0.15, 0.2) is 48.8 Å². The van der Waals surface area contributed by atoms with Gasteiger partial charge in [0.1, 0.15) is 5.82 Å². The molecule has 132 valence electrons. The summed E-state index contributed by atoms with van der Waals surface area (Å²) in [5.41, 5.74) is 6.62. The maximum atomic E-state index is 7.33. The van der Waals surface area contributed by atoms with Gasteiger partial charge in [-0.15, -0.1) is 0 Å². The normalized spacial score (nSPS) is 11.2. The van der Waals surface area contributed by atoms with Gasteiger partial charge < -0.3 is 0 Å². The molecule has 3 rings (SSSR count). The predicted molar refractivity (Wildman–Crippen MR) is 108 cm³/mol. The fourth-order valence-electron chi connectivity index (χ4n) is 3.39. The van der Waals surface area contributed by atoms with Gasteiger partial charge in [-0.1, -0.05) is 58.0 Å². The lowest BCUT2D eigenvalue weighted by Gasteiger charge is -2.22. The Morgan fingerprint density at radius 2 is 1.65 bits per heavy atom. The molecule has 0 N–H and O–H groups in total. The van der Waals surface area contributed by atoms with Crippen molar-refractivity contribution >= 4 is 5.69 Å². The van der Waals surface area contributed by atoms with E-state index in [1.165, 1.54) is 16.8 Å². The second kappa shape index (κ2) is 7.17. The summed E-state index contributed by atoms with van der Waals surface area (Å²) in [5.74, 6) is 1.72. The number of benzene rings is 2. The highest BCUT2D eigenvalue weighted by molar-refractivity contribution is 5.69. The molecular formula is C23H25N3. The summed E-state index contributed by atoms with van der Waals surface area (Å²) in [6.07, 6.45) is 3.88. The zero-order chi connectivity index (χ0) is 18.8. The number of hydrogen-bond acceptors (Lipinski definition) is 1. The van der Waals surface area contributed by atoms with E-state index >= 15 is 0 Å². The van der Waals surface area contributed by atoms with Crippen LogP contribution < -0.4 is 0 Å². The van der Waals surface area contributed by atoms with Gasteiger partial charge in [-0.2, -0.15) is 0 Å². The van der Waals surface area contributed by atoms with Gasteiger partial charge in [-0.25, -0.2) is 9.83 Å². The first-order valence-electron chi connectivity index (χ1n) is 9.09. The Bertz CT molecular complexity index is 945. The number of para-hydroxylation sites is 1. The summed E-state index contributed by atoms with van der Waals surface area (Å²) >= 11 is 0. The average Bonchev–Trinajstić information content (AvgIpc) is 3.10. The van der Waals surface area contributed by atoms with Gasteiger partial charge in [-0.05, 0) is 41.5 Å². The molecule has 0 amide bonds. The molecule has 2 aromatic carbocycles. The summed E-state index contributed by atoms with van der Waals surface area (Å²) < 4.78 is 2.20. The predicted octanol–water partition coefficient (Wildman–Crippen LogP) is 6.65.